The standard InChI is InChI=1S/C10H16FN3/c1-4-10(3,5-2)14-9-12-6-8(11)7-13-9/h6-7H,4-5H2,1-3H3,(H,12,13,14). The minimum absolute atomic E-state index is 0.0160. The maximum Gasteiger partial charge on any atom is 0.223 e. The highest BCUT2D eigenvalue weighted by Crippen LogP contribution is 2.18. The largest absolute Gasteiger partial charge is 0.349 e. The van der Waals surface area contributed by atoms with Crippen LogP contribution in [0.15, 0.2) is 12.4 Å². The molecule has 0 saturated carbocycles. The lowest BCUT2D eigenvalue weighted by Crippen LogP contribution is -2.33. The molecule has 3 nitrogen and oxygen atoms in total. The highest BCUT2D eigenvalue weighted by Gasteiger charge is 2.19. The average Bonchev–Trinajstić information content (AvgIpc) is 2.21. The number of hydrogen-bond acceptors (Lipinski definition) is 3. The van der Waals surface area contributed by atoms with E-state index in [9.17, 15) is 4.39 Å². The molecule has 1 aromatic rings. The van der Waals surface area contributed by atoms with Crippen molar-refractivity contribution in [3.63, 3.8) is 0 Å². The van der Waals surface area contributed by atoms with Crippen LogP contribution in [-0.4, -0.2) is 15.5 Å². The van der Waals surface area contributed by atoms with Crippen molar-refractivity contribution in [1.82, 2.24) is 9.97 Å². The molecule has 0 aliphatic carbocycles. The molecule has 0 aliphatic rings. The smallest absolute Gasteiger partial charge is 0.223 e. The van der Waals surface area contributed by atoms with Crippen LogP contribution in [0.4, 0.5) is 10.3 Å². The molecule has 0 atom stereocenters. The van der Waals surface area contributed by atoms with Crippen LogP contribution in [0.5, 0.6) is 0 Å². The Morgan fingerprint density at radius 2 is 1.79 bits per heavy atom. The molecular weight excluding hydrogens is 181 g/mol. The van der Waals surface area contributed by atoms with Crippen molar-refractivity contribution in [2.45, 2.75) is 39.2 Å². The second kappa shape index (κ2) is 4.35. The Balaban J connectivity index is 2.72. The van der Waals surface area contributed by atoms with Crippen molar-refractivity contribution >= 4 is 5.95 Å². The summed E-state index contributed by atoms with van der Waals surface area (Å²) < 4.78 is 12.5. The highest BCUT2D eigenvalue weighted by molar-refractivity contribution is 5.27. The lowest BCUT2D eigenvalue weighted by Gasteiger charge is -2.27. The van der Waals surface area contributed by atoms with Gasteiger partial charge in [-0.1, -0.05) is 13.8 Å². The lowest BCUT2D eigenvalue weighted by atomic mass is 9.96. The van der Waals surface area contributed by atoms with Gasteiger partial charge in [-0.05, 0) is 19.8 Å². The van der Waals surface area contributed by atoms with Gasteiger partial charge in [-0.3, -0.25) is 0 Å². The average molecular weight is 197 g/mol. The van der Waals surface area contributed by atoms with Gasteiger partial charge in [0.05, 0.1) is 12.4 Å². The summed E-state index contributed by atoms with van der Waals surface area (Å²) in [5.41, 5.74) is -0.0160. The van der Waals surface area contributed by atoms with E-state index in [0.29, 0.717) is 5.95 Å². The van der Waals surface area contributed by atoms with Gasteiger partial charge in [0.15, 0.2) is 5.82 Å². The normalized spacial score (nSPS) is 11.4. The summed E-state index contributed by atoms with van der Waals surface area (Å²) in [4.78, 5) is 7.72. The van der Waals surface area contributed by atoms with Crippen molar-refractivity contribution < 1.29 is 4.39 Å². The summed E-state index contributed by atoms with van der Waals surface area (Å²) >= 11 is 0. The Labute approximate surface area is 83.8 Å². The molecule has 14 heavy (non-hydrogen) atoms. The Hall–Kier alpha value is -1.19. The van der Waals surface area contributed by atoms with Crippen LogP contribution < -0.4 is 5.32 Å². The second-order valence-corrected chi connectivity index (χ2v) is 3.62. The number of rotatable bonds is 4. The molecule has 0 bridgehead atoms. The molecule has 1 aromatic heterocycles. The van der Waals surface area contributed by atoms with Crippen molar-refractivity contribution in [2.75, 3.05) is 5.32 Å². The van der Waals surface area contributed by atoms with Crippen LogP contribution in [0.3, 0.4) is 0 Å². The third-order valence-corrected chi connectivity index (χ3v) is 2.59. The molecule has 1 rings (SSSR count). The molecule has 0 fully saturated rings. The molecule has 0 unspecified atom stereocenters. The summed E-state index contributed by atoms with van der Waals surface area (Å²) in [6.07, 6.45) is 4.29. The summed E-state index contributed by atoms with van der Waals surface area (Å²) in [5.74, 6) is 0.0721. The van der Waals surface area contributed by atoms with Crippen LogP contribution in [0.1, 0.15) is 33.6 Å². The Morgan fingerprint density at radius 1 is 1.29 bits per heavy atom. The third-order valence-electron chi connectivity index (χ3n) is 2.59. The second-order valence-electron chi connectivity index (χ2n) is 3.62. The summed E-state index contributed by atoms with van der Waals surface area (Å²) in [5, 5.41) is 3.19. The molecule has 0 radical (unpaired) electrons. The van der Waals surface area contributed by atoms with Gasteiger partial charge in [0, 0.05) is 5.54 Å². The van der Waals surface area contributed by atoms with E-state index < -0.39 is 5.82 Å². The Kier molecular flexibility index (Phi) is 3.38. The van der Waals surface area contributed by atoms with Gasteiger partial charge in [0.2, 0.25) is 5.95 Å². The zero-order chi connectivity index (χ0) is 10.6. The molecule has 4 heteroatoms. The van der Waals surface area contributed by atoms with Gasteiger partial charge in [-0.25, -0.2) is 14.4 Å². The van der Waals surface area contributed by atoms with E-state index in [1.807, 2.05) is 0 Å². The number of halogens is 1. The van der Waals surface area contributed by atoms with Crippen molar-refractivity contribution in [3.8, 4) is 0 Å². The predicted molar refractivity (Wildman–Crippen MR) is 54.6 cm³/mol. The van der Waals surface area contributed by atoms with Gasteiger partial charge in [0.25, 0.3) is 0 Å². The van der Waals surface area contributed by atoms with Crippen molar-refractivity contribution in [3.05, 3.63) is 18.2 Å². The van der Waals surface area contributed by atoms with Crippen LogP contribution in [0, 0.1) is 5.82 Å². The number of nitrogens with zero attached hydrogens (tertiary/aromatic N) is 2. The maximum atomic E-state index is 12.5. The van der Waals surface area contributed by atoms with E-state index >= 15 is 0 Å². The molecular formula is C10H16FN3. The number of nitrogens with one attached hydrogen (secondary N) is 1. The first-order valence-corrected chi connectivity index (χ1v) is 4.85. The first kappa shape index (κ1) is 10.9. The van der Waals surface area contributed by atoms with Crippen LogP contribution in [0.25, 0.3) is 0 Å². The van der Waals surface area contributed by atoms with E-state index in [0.717, 1.165) is 12.8 Å². The van der Waals surface area contributed by atoms with Gasteiger partial charge < -0.3 is 5.32 Å². The maximum absolute atomic E-state index is 12.5. The quantitative estimate of drug-likeness (QED) is 0.806. The van der Waals surface area contributed by atoms with E-state index in [2.05, 4.69) is 36.1 Å². The summed E-state index contributed by atoms with van der Waals surface area (Å²) in [7, 11) is 0. The summed E-state index contributed by atoms with van der Waals surface area (Å²) in [6, 6.07) is 0. The highest BCUT2D eigenvalue weighted by atomic mass is 19.1. The van der Waals surface area contributed by atoms with Crippen LogP contribution in [-0.2, 0) is 0 Å². The first-order chi connectivity index (χ1) is 6.59. The fraction of sp³-hybridized carbons (Fsp3) is 0.600. The van der Waals surface area contributed by atoms with E-state index in [1.54, 1.807) is 0 Å². The molecule has 78 valence electrons. The molecule has 0 aliphatic heterocycles. The van der Waals surface area contributed by atoms with E-state index in [1.165, 1.54) is 12.4 Å². The SMILES string of the molecule is CCC(C)(CC)Nc1ncc(F)cn1. The Bertz CT molecular complexity index is 280. The molecule has 1 N–H and O–H groups in total. The van der Waals surface area contributed by atoms with Gasteiger partial charge in [0.1, 0.15) is 0 Å². The van der Waals surface area contributed by atoms with Gasteiger partial charge in [-0.15, -0.1) is 0 Å². The zero-order valence-electron chi connectivity index (χ0n) is 8.84. The van der Waals surface area contributed by atoms with E-state index in [-0.39, 0.29) is 5.54 Å². The number of hydrogen-bond donors (Lipinski definition) is 1. The molecule has 0 spiro atoms. The van der Waals surface area contributed by atoms with Gasteiger partial charge >= 0.3 is 0 Å². The van der Waals surface area contributed by atoms with Gasteiger partial charge in [-0.2, -0.15) is 0 Å². The minimum atomic E-state index is -0.412. The molecule has 0 amide bonds. The molecule has 0 aromatic carbocycles. The zero-order valence-corrected chi connectivity index (χ0v) is 8.84. The number of anilines is 1. The van der Waals surface area contributed by atoms with Crippen LogP contribution in [0.2, 0.25) is 0 Å². The van der Waals surface area contributed by atoms with Crippen molar-refractivity contribution in [1.29, 1.82) is 0 Å². The monoisotopic (exact) mass is 197 g/mol. The fourth-order valence-corrected chi connectivity index (χ4v) is 1.07. The van der Waals surface area contributed by atoms with E-state index in [4.69, 9.17) is 0 Å². The predicted octanol–water partition coefficient (Wildman–Crippen LogP) is 2.61. The minimum Gasteiger partial charge on any atom is -0.349 e. The third kappa shape index (κ3) is 2.65. The molecule has 0 saturated heterocycles. The topological polar surface area (TPSA) is 37.8 Å². The first-order valence-electron chi connectivity index (χ1n) is 4.85. The Morgan fingerprint density at radius 3 is 2.21 bits per heavy atom. The number of aromatic nitrogens is 2. The molecule has 1 heterocycles. The van der Waals surface area contributed by atoms with Crippen molar-refractivity contribution in [2.24, 2.45) is 0 Å². The lowest BCUT2D eigenvalue weighted by molar-refractivity contribution is 0.474. The summed E-state index contributed by atoms with van der Waals surface area (Å²) in [6.45, 7) is 6.29. The van der Waals surface area contributed by atoms with Crippen LogP contribution >= 0.6 is 0 Å². The fourth-order valence-electron chi connectivity index (χ4n) is 1.07.